The van der Waals surface area contributed by atoms with Gasteiger partial charge in [-0.05, 0) is 6.42 Å². The predicted molar refractivity (Wildman–Crippen MR) is 53.2 cm³/mol. The molecule has 0 aromatic rings. The van der Waals surface area contributed by atoms with Crippen LogP contribution in [0.2, 0.25) is 0 Å². The summed E-state index contributed by atoms with van der Waals surface area (Å²) in [6.07, 6.45) is 2.28. The van der Waals surface area contributed by atoms with Crippen LogP contribution in [0, 0.1) is 5.41 Å². The van der Waals surface area contributed by atoms with E-state index in [0.717, 1.165) is 12.8 Å². The van der Waals surface area contributed by atoms with Gasteiger partial charge in [0.25, 0.3) is 6.47 Å². The van der Waals surface area contributed by atoms with Gasteiger partial charge in [-0.3, -0.25) is 4.79 Å². The molecule has 1 aliphatic carbocycles. The molecule has 1 aliphatic heterocycles. The molecule has 0 amide bonds. The first kappa shape index (κ1) is 10.9. The first-order valence-electron chi connectivity index (χ1n) is 5.42. The van der Waals surface area contributed by atoms with E-state index in [4.69, 9.17) is 14.2 Å². The lowest BCUT2D eigenvalue weighted by Crippen LogP contribution is -2.46. The van der Waals surface area contributed by atoms with Gasteiger partial charge in [-0.25, -0.2) is 0 Å². The Balaban J connectivity index is 1.91. The van der Waals surface area contributed by atoms with Crippen LogP contribution in [0.5, 0.6) is 0 Å². The Hall–Kier alpha value is -0.610. The third kappa shape index (κ3) is 2.32. The number of rotatable bonds is 2. The largest absolute Gasteiger partial charge is 0.464 e. The maximum atomic E-state index is 10.2. The SMILES string of the molecule is CC1(C)COC2(CCC(OC=O)C2)OC1. The molecule has 0 aromatic heterocycles. The minimum Gasteiger partial charge on any atom is -0.464 e. The Morgan fingerprint density at radius 3 is 2.60 bits per heavy atom. The molecular weight excluding hydrogens is 196 g/mol. The quantitative estimate of drug-likeness (QED) is 0.653. The summed E-state index contributed by atoms with van der Waals surface area (Å²) in [7, 11) is 0. The number of ether oxygens (including phenoxy) is 3. The van der Waals surface area contributed by atoms with E-state index in [1.54, 1.807) is 0 Å². The first-order chi connectivity index (χ1) is 7.05. The van der Waals surface area contributed by atoms with Gasteiger partial charge in [-0.15, -0.1) is 0 Å². The van der Waals surface area contributed by atoms with Crippen molar-refractivity contribution in [1.29, 1.82) is 0 Å². The molecular formula is C11H18O4. The Bertz CT molecular complexity index is 239. The van der Waals surface area contributed by atoms with E-state index in [9.17, 15) is 4.79 Å². The zero-order chi connectivity index (χ0) is 10.9. The average molecular weight is 214 g/mol. The van der Waals surface area contributed by atoms with Gasteiger partial charge in [-0.2, -0.15) is 0 Å². The summed E-state index contributed by atoms with van der Waals surface area (Å²) in [5.41, 5.74) is 0.0921. The third-order valence-electron chi connectivity index (χ3n) is 3.09. The Morgan fingerprint density at radius 1 is 1.33 bits per heavy atom. The van der Waals surface area contributed by atoms with Crippen molar-refractivity contribution in [3.05, 3.63) is 0 Å². The van der Waals surface area contributed by atoms with Gasteiger partial charge in [0.05, 0.1) is 13.2 Å². The molecule has 1 atom stereocenters. The highest BCUT2D eigenvalue weighted by Gasteiger charge is 2.46. The number of hydrogen-bond donors (Lipinski definition) is 0. The van der Waals surface area contributed by atoms with E-state index in [-0.39, 0.29) is 11.5 Å². The summed E-state index contributed by atoms with van der Waals surface area (Å²) in [5, 5.41) is 0. The highest BCUT2D eigenvalue weighted by Crippen LogP contribution is 2.41. The molecule has 4 nitrogen and oxygen atoms in total. The van der Waals surface area contributed by atoms with Gasteiger partial charge < -0.3 is 14.2 Å². The zero-order valence-electron chi connectivity index (χ0n) is 9.32. The van der Waals surface area contributed by atoms with Gasteiger partial charge in [0.15, 0.2) is 5.79 Å². The lowest BCUT2D eigenvalue weighted by Gasteiger charge is -2.41. The van der Waals surface area contributed by atoms with Crippen LogP contribution in [0.4, 0.5) is 0 Å². The van der Waals surface area contributed by atoms with Crippen molar-refractivity contribution in [3.63, 3.8) is 0 Å². The monoisotopic (exact) mass is 214 g/mol. The van der Waals surface area contributed by atoms with E-state index >= 15 is 0 Å². The Labute approximate surface area is 89.9 Å². The molecule has 15 heavy (non-hydrogen) atoms. The van der Waals surface area contributed by atoms with Crippen LogP contribution in [0.15, 0.2) is 0 Å². The van der Waals surface area contributed by atoms with Gasteiger partial charge in [0.1, 0.15) is 6.10 Å². The minimum atomic E-state index is -0.483. The molecule has 4 heteroatoms. The van der Waals surface area contributed by atoms with Crippen LogP contribution >= 0.6 is 0 Å². The molecule has 1 saturated heterocycles. The second-order valence-electron chi connectivity index (χ2n) is 5.25. The summed E-state index contributed by atoms with van der Waals surface area (Å²) < 4.78 is 16.5. The van der Waals surface area contributed by atoms with E-state index in [0.29, 0.717) is 26.1 Å². The molecule has 86 valence electrons. The topological polar surface area (TPSA) is 44.8 Å². The third-order valence-corrected chi connectivity index (χ3v) is 3.09. The van der Waals surface area contributed by atoms with Crippen molar-refractivity contribution in [3.8, 4) is 0 Å². The lowest BCUT2D eigenvalue weighted by molar-refractivity contribution is -0.296. The van der Waals surface area contributed by atoms with Crippen LogP contribution in [0.25, 0.3) is 0 Å². The van der Waals surface area contributed by atoms with Gasteiger partial charge in [0, 0.05) is 18.3 Å². The Morgan fingerprint density at radius 2 is 2.00 bits per heavy atom. The molecule has 1 spiro atoms. The summed E-state index contributed by atoms with van der Waals surface area (Å²) in [5.74, 6) is -0.483. The second kappa shape index (κ2) is 3.76. The summed E-state index contributed by atoms with van der Waals surface area (Å²) in [6.45, 7) is 6.17. The molecule has 2 fully saturated rings. The zero-order valence-corrected chi connectivity index (χ0v) is 9.32. The van der Waals surface area contributed by atoms with Gasteiger partial charge in [-0.1, -0.05) is 13.8 Å². The van der Waals surface area contributed by atoms with Crippen molar-refractivity contribution in [2.45, 2.75) is 45.0 Å². The van der Waals surface area contributed by atoms with Crippen LogP contribution in [0.1, 0.15) is 33.1 Å². The molecule has 0 N–H and O–H groups in total. The fourth-order valence-corrected chi connectivity index (χ4v) is 2.13. The molecule has 1 heterocycles. The summed E-state index contributed by atoms with van der Waals surface area (Å²) >= 11 is 0. The normalized spacial score (nSPS) is 32.8. The average Bonchev–Trinajstić information content (AvgIpc) is 2.57. The van der Waals surface area contributed by atoms with Crippen molar-refractivity contribution in [1.82, 2.24) is 0 Å². The van der Waals surface area contributed by atoms with Crippen molar-refractivity contribution in [2.75, 3.05) is 13.2 Å². The number of hydrogen-bond acceptors (Lipinski definition) is 4. The molecule has 0 bridgehead atoms. The van der Waals surface area contributed by atoms with Crippen LogP contribution in [-0.4, -0.2) is 31.6 Å². The molecule has 2 rings (SSSR count). The lowest BCUT2D eigenvalue weighted by atomic mass is 9.94. The predicted octanol–water partition coefficient (Wildman–Crippen LogP) is 1.48. The molecule has 0 radical (unpaired) electrons. The first-order valence-corrected chi connectivity index (χ1v) is 5.42. The smallest absolute Gasteiger partial charge is 0.293 e. The van der Waals surface area contributed by atoms with Crippen LogP contribution in [0.3, 0.4) is 0 Å². The summed E-state index contributed by atoms with van der Waals surface area (Å²) in [6, 6.07) is 0. The Kier molecular flexibility index (Phi) is 2.73. The van der Waals surface area contributed by atoms with Crippen molar-refractivity contribution < 1.29 is 19.0 Å². The second-order valence-corrected chi connectivity index (χ2v) is 5.25. The minimum absolute atomic E-state index is 0.0382. The highest BCUT2D eigenvalue weighted by molar-refractivity contribution is 5.37. The van der Waals surface area contributed by atoms with Crippen LogP contribution < -0.4 is 0 Å². The maximum Gasteiger partial charge on any atom is 0.293 e. The fourth-order valence-electron chi connectivity index (χ4n) is 2.13. The number of carbonyl (C=O) groups is 1. The molecule has 1 saturated carbocycles. The molecule has 0 aromatic carbocycles. The van der Waals surface area contributed by atoms with Gasteiger partial charge >= 0.3 is 0 Å². The summed E-state index contributed by atoms with van der Waals surface area (Å²) in [4.78, 5) is 10.2. The maximum absolute atomic E-state index is 10.2. The van der Waals surface area contributed by atoms with Gasteiger partial charge in [0.2, 0.25) is 0 Å². The highest BCUT2D eigenvalue weighted by atomic mass is 16.7. The van der Waals surface area contributed by atoms with Crippen molar-refractivity contribution in [2.24, 2.45) is 5.41 Å². The standard InChI is InChI=1S/C11H18O4/c1-10(2)6-14-11(15-7-10)4-3-9(5-11)13-8-12/h8-9H,3-7H2,1-2H3. The van der Waals surface area contributed by atoms with Crippen molar-refractivity contribution >= 4 is 6.47 Å². The van der Waals surface area contributed by atoms with E-state index < -0.39 is 5.79 Å². The fraction of sp³-hybridized carbons (Fsp3) is 0.909. The van der Waals surface area contributed by atoms with E-state index in [1.165, 1.54) is 0 Å². The number of carbonyl (C=O) groups excluding carboxylic acids is 1. The van der Waals surface area contributed by atoms with E-state index in [2.05, 4.69) is 13.8 Å². The molecule has 2 aliphatic rings. The van der Waals surface area contributed by atoms with Crippen LogP contribution in [-0.2, 0) is 19.0 Å². The molecule has 1 unspecified atom stereocenters. The van der Waals surface area contributed by atoms with E-state index in [1.807, 2.05) is 0 Å².